The molecule has 2 aromatic carbocycles. The lowest BCUT2D eigenvalue weighted by Gasteiger charge is -2.17. The Balaban J connectivity index is 1.87. The van der Waals surface area contributed by atoms with Crippen molar-refractivity contribution in [3.05, 3.63) is 81.0 Å². The van der Waals surface area contributed by atoms with Crippen LogP contribution in [0.2, 0.25) is 5.02 Å². The monoisotopic (exact) mass is 403 g/mol. The predicted octanol–water partition coefficient (Wildman–Crippen LogP) is 7.13. The molecule has 28 heavy (non-hydrogen) atoms. The van der Waals surface area contributed by atoms with Crippen LogP contribution in [0.4, 0.5) is 13.2 Å². The summed E-state index contributed by atoms with van der Waals surface area (Å²) in [4.78, 5) is 3.51. The number of hydrogen-bond acceptors (Lipinski definition) is 0. The molecule has 5 heteroatoms. The Kier molecular flexibility index (Phi) is 5.00. The fourth-order valence-electron chi connectivity index (χ4n) is 4.10. The molecular formula is C23H21ClF3N. The summed E-state index contributed by atoms with van der Waals surface area (Å²) in [6.45, 7) is 2.02. The van der Waals surface area contributed by atoms with Gasteiger partial charge in [0.15, 0.2) is 0 Å². The summed E-state index contributed by atoms with van der Waals surface area (Å²) < 4.78 is 40.8. The van der Waals surface area contributed by atoms with Crippen LogP contribution < -0.4 is 0 Å². The summed E-state index contributed by atoms with van der Waals surface area (Å²) in [6, 6.07) is 12.1. The van der Waals surface area contributed by atoms with Crippen molar-refractivity contribution in [3.8, 4) is 11.3 Å². The highest BCUT2D eigenvalue weighted by atomic mass is 35.5. The SMILES string of the molecule is Cc1ccc(-c2[nH]c3c(c2Cc2c(Cl)cccc2C(F)(F)F)CCCC3)cc1. The lowest BCUT2D eigenvalue weighted by molar-refractivity contribution is -0.138. The summed E-state index contributed by atoms with van der Waals surface area (Å²) >= 11 is 6.24. The number of aryl methyl sites for hydroxylation is 2. The van der Waals surface area contributed by atoms with Gasteiger partial charge in [0.25, 0.3) is 0 Å². The van der Waals surface area contributed by atoms with E-state index in [1.54, 1.807) is 0 Å². The van der Waals surface area contributed by atoms with Gasteiger partial charge in [0, 0.05) is 22.8 Å². The molecule has 0 bridgehead atoms. The first-order valence-corrected chi connectivity index (χ1v) is 9.86. The van der Waals surface area contributed by atoms with Crippen LogP contribution in [-0.2, 0) is 25.4 Å². The lowest BCUT2D eigenvalue weighted by Crippen LogP contribution is -2.11. The average molecular weight is 404 g/mol. The van der Waals surface area contributed by atoms with Gasteiger partial charge < -0.3 is 4.98 Å². The van der Waals surface area contributed by atoms with Crippen molar-refractivity contribution >= 4 is 11.6 Å². The van der Waals surface area contributed by atoms with E-state index >= 15 is 0 Å². The second-order valence-corrected chi connectivity index (χ2v) is 7.86. The Morgan fingerprint density at radius 2 is 1.68 bits per heavy atom. The smallest absolute Gasteiger partial charge is 0.358 e. The van der Waals surface area contributed by atoms with Crippen molar-refractivity contribution in [2.75, 3.05) is 0 Å². The molecule has 1 aliphatic carbocycles. The van der Waals surface area contributed by atoms with Crippen molar-refractivity contribution in [1.29, 1.82) is 0 Å². The Morgan fingerprint density at radius 1 is 0.964 bits per heavy atom. The van der Waals surface area contributed by atoms with E-state index < -0.39 is 11.7 Å². The molecular weight excluding hydrogens is 383 g/mol. The fourth-order valence-corrected chi connectivity index (χ4v) is 4.34. The Morgan fingerprint density at radius 3 is 2.39 bits per heavy atom. The van der Waals surface area contributed by atoms with Gasteiger partial charge in [-0.1, -0.05) is 47.5 Å². The first-order chi connectivity index (χ1) is 13.3. The van der Waals surface area contributed by atoms with Crippen LogP contribution in [0.15, 0.2) is 42.5 Å². The largest absolute Gasteiger partial charge is 0.416 e. The molecule has 1 aromatic heterocycles. The van der Waals surface area contributed by atoms with Crippen LogP contribution in [-0.4, -0.2) is 4.98 Å². The van der Waals surface area contributed by atoms with Crippen molar-refractivity contribution in [1.82, 2.24) is 4.98 Å². The molecule has 0 unspecified atom stereocenters. The molecule has 1 N–H and O–H groups in total. The molecule has 1 nitrogen and oxygen atoms in total. The molecule has 1 heterocycles. The maximum atomic E-state index is 13.6. The molecule has 0 fully saturated rings. The average Bonchev–Trinajstić information content (AvgIpc) is 3.02. The molecule has 1 aliphatic rings. The van der Waals surface area contributed by atoms with Crippen molar-refractivity contribution in [2.45, 2.75) is 45.2 Å². The number of aromatic nitrogens is 1. The second kappa shape index (κ2) is 7.32. The van der Waals surface area contributed by atoms with Gasteiger partial charge in [-0.3, -0.25) is 0 Å². The van der Waals surface area contributed by atoms with E-state index in [4.69, 9.17) is 11.6 Å². The van der Waals surface area contributed by atoms with Crippen LogP contribution in [0.3, 0.4) is 0 Å². The summed E-state index contributed by atoms with van der Waals surface area (Å²) in [6.07, 6.45) is -0.286. The molecule has 0 aliphatic heterocycles. The fraction of sp³-hybridized carbons (Fsp3) is 0.304. The van der Waals surface area contributed by atoms with E-state index in [0.29, 0.717) is 0 Å². The number of halogens is 4. The van der Waals surface area contributed by atoms with E-state index in [-0.39, 0.29) is 17.0 Å². The zero-order chi connectivity index (χ0) is 19.9. The molecule has 0 saturated carbocycles. The zero-order valence-corrected chi connectivity index (χ0v) is 16.3. The minimum atomic E-state index is -4.43. The van der Waals surface area contributed by atoms with Crippen LogP contribution in [0.25, 0.3) is 11.3 Å². The highest BCUT2D eigenvalue weighted by Gasteiger charge is 2.35. The predicted molar refractivity (Wildman–Crippen MR) is 107 cm³/mol. The van der Waals surface area contributed by atoms with Crippen LogP contribution in [0, 0.1) is 6.92 Å². The van der Waals surface area contributed by atoms with Crippen LogP contribution >= 0.6 is 11.6 Å². The van der Waals surface area contributed by atoms with Gasteiger partial charge in [-0.2, -0.15) is 13.2 Å². The number of fused-ring (bicyclic) bond motifs is 1. The van der Waals surface area contributed by atoms with E-state index in [9.17, 15) is 13.2 Å². The highest BCUT2D eigenvalue weighted by molar-refractivity contribution is 6.31. The quantitative estimate of drug-likeness (QED) is 0.478. The van der Waals surface area contributed by atoms with E-state index in [0.717, 1.165) is 65.4 Å². The number of hydrogen-bond donors (Lipinski definition) is 1. The van der Waals surface area contributed by atoms with Crippen LogP contribution in [0.5, 0.6) is 0 Å². The number of benzene rings is 2. The molecule has 0 radical (unpaired) electrons. The normalized spacial score (nSPS) is 14.2. The molecule has 0 saturated heterocycles. The number of aromatic amines is 1. The number of nitrogens with one attached hydrogen (secondary N) is 1. The van der Waals surface area contributed by atoms with Crippen molar-refractivity contribution in [3.63, 3.8) is 0 Å². The Hall–Kier alpha value is -2.20. The number of H-pyrrole nitrogens is 1. The van der Waals surface area contributed by atoms with E-state index in [1.165, 1.54) is 12.1 Å². The lowest BCUT2D eigenvalue weighted by atomic mass is 9.89. The van der Waals surface area contributed by atoms with Gasteiger partial charge in [-0.05, 0) is 67.0 Å². The maximum absolute atomic E-state index is 13.6. The summed E-state index contributed by atoms with van der Waals surface area (Å²) in [7, 11) is 0. The third-order valence-electron chi connectivity index (χ3n) is 5.53. The van der Waals surface area contributed by atoms with Gasteiger partial charge >= 0.3 is 6.18 Å². The standard InChI is InChI=1S/C23H21ClF3N/c1-14-9-11-15(12-10-14)22-17(16-5-2-3-8-21(16)28-22)13-18-19(23(25,26)27)6-4-7-20(18)24/h4,6-7,9-12,28H,2-3,5,8,13H2,1H3. The minimum Gasteiger partial charge on any atom is -0.358 e. The summed E-state index contributed by atoms with van der Waals surface area (Å²) in [5.41, 5.74) is 5.81. The van der Waals surface area contributed by atoms with Gasteiger partial charge in [0.2, 0.25) is 0 Å². The summed E-state index contributed by atoms with van der Waals surface area (Å²) in [5, 5.41) is 0.162. The van der Waals surface area contributed by atoms with E-state index in [1.807, 2.05) is 31.2 Å². The van der Waals surface area contributed by atoms with E-state index in [2.05, 4.69) is 4.98 Å². The van der Waals surface area contributed by atoms with Gasteiger partial charge in [0.1, 0.15) is 0 Å². The molecule has 0 amide bonds. The van der Waals surface area contributed by atoms with Gasteiger partial charge in [-0.15, -0.1) is 0 Å². The Labute approximate surface area is 167 Å². The minimum absolute atomic E-state index is 0.150. The molecule has 3 aromatic rings. The molecule has 4 rings (SSSR count). The summed E-state index contributed by atoms with van der Waals surface area (Å²) in [5.74, 6) is 0. The van der Waals surface area contributed by atoms with Gasteiger partial charge in [-0.25, -0.2) is 0 Å². The third kappa shape index (κ3) is 3.58. The van der Waals surface area contributed by atoms with Crippen molar-refractivity contribution < 1.29 is 13.2 Å². The van der Waals surface area contributed by atoms with Gasteiger partial charge in [0.05, 0.1) is 5.56 Å². The maximum Gasteiger partial charge on any atom is 0.416 e. The first kappa shape index (κ1) is 19.1. The second-order valence-electron chi connectivity index (χ2n) is 7.45. The van der Waals surface area contributed by atoms with Crippen LogP contribution in [0.1, 0.15) is 46.4 Å². The molecule has 146 valence electrons. The first-order valence-electron chi connectivity index (χ1n) is 9.49. The third-order valence-corrected chi connectivity index (χ3v) is 5.88. The Bertz CT molecular complexity index is 1000. The molecule has 0 atom stereocenters. The number of alkyl halides is 3. The van der Waals surface area contributed by atoms with Crippen molar-refractivity contribution in [2.24, 2.45) is 0 Å². The topological polar surface area (TPSA) is 15.8 Å². The molecule has 0 spiro atoms. The number of rotatable bonds is 3. The zero-order valence-electron chi connectivity index (χ0n) is 15.6. The highest BCUT2D eigenvalue weighted by Crippen LogP contribution is 2.40.